The maximum Gasteiger partial charge on any atom is 0.412 e. The van der Waals surface area contributed by atoms with Crippen LogP contribution in [0.1, 0.15) is 55.5 Å². The molecule has 0 aromatic heterocycles. The van der Waals surface area contributed by atoms with Crippen LogP contribution in [0.15, 0.2) is 18.2 Å². The molecule has 0 spiro atoms. The molecule has 1 aromatic carbocycles. The highest BCUT2D eigenvalue weighted by atomic mass is 16.6. The van der Waals surface area contributed by atoms with Crippen LogP contribution in [0.25, 0.3) is 0 Å². The smallest absolute Gasteiger partial charge is 0.412 e. The average Bonchev–Trinajstić information content (AvgIpc) is 3.09. The van der Waals surface area contributed by atoms with Gasteiger partial charge in [0.25, 0.3) is 0 Å². The summed E-state index contributed by atoms with van der Waals surface area (Å²) in [5.74, 6) is -0.590. The number of rotatable bonds is 3. The highest BCUT2D eigenvalue weighted by molar-refractivity contribution is 5.92. The van der Waals surface area contributed by atoms with Crippen molar-refractivity contribution in [2.24, 2.45) is 0 Å². The van der Waals surface area contributed by atoms with Crippen LogP contribution >= 0.6 is 0 Å². The number of aromatic carboxylic acids is 1. The lowest BCUT2D eigenvalue weighted by Crippen LogP contribution is -2.27. The molecular formula is C15H19NO4. The molecule has 0 saturated heterocycles. The van der Waals surface area contributed by atoms with Crippen molar-refractivity contribution in [3.8, 4) is 0 Å². The van der Waals surface area contributed by atoms with Gasteiger partial charge >= 0.3 is 12.1 Å². The molecule has 1 amide bonds. The number of benzene rings is 1. The van der Waals surface area contributed by atoms with Gasteiger partial charge in [0.05, 0.1) is 5.56 Å². The van der Waals surface area contributed by atoms with Gasteiger partial charge in [-0.2, -0.15) is 0 Å². The molecule has 1 aliphatic carbocycles. The van der Waals surface area contributed by atoms with Crippen molar-refractivity contribution in [3.63, 3.8) is 0 Å². The summed E-state index contributed by atoms with van der Waals surface area (Å²) in [6.07, 6.45) is 1.55. The number of carboxylic acid groups (broad SMARTS) is 1. The van der Waals surface area contributed by atoms with E-state index in [1.165, 1.54) is 6.07 Å². The van der Waals surface area contributed by atoms with Crippen LogP contribution in [-0.4, -0.2) is 22.8 Å². The minimum Gasteiger partial charge on any atom is -0.478 e. The Morgan fingerprint density at radius 3 is 2.40 bits per heavy atom. The minimum atomic E-state index is -1.00. The Kier molecular flexibility index (Phi) is 3.70. The number of anilines is 1. The molecule has 0 radical (unpaired) electrons. The highest BCUT2D eigenvalue weighted by Gasteiger charge is 2.25. The van der Waals surface area contributed by atoms with Crippen molar-refractivity contribution in [2.75, 3.05) is 5.32 Å². The zero-order chi connectivity index (χ0) is 14.9. The van der Waals surface area contributed by atoms with Crippen molar-refractivity contribution in [1.29, 1.82) is 0 Å². The van der Waals surface area contributed by atoms with Gasteiger partial charge in [0.1, 0.15) is 5.60 Å². The number of hydrogen-bond donors (Lipinski definition) is 2. The topological polar surface area (TPSA) is 75.6 Å². The van der Waals surface area contributed by atoms with E-state index in [2.05, 4.69) is 5.32 Å². The standard InChI is InChI=1S/C15H19NO4/c1-15(2,3)20-14(19)16-12-7-10(9-4-5-9)6-11(8-12)13(17)18/h6-9H,4-5H2,1-3H3,(H,16,19)(H,17,18). The van der Waals surface area contributed by atoms with E-state index in [-0.39, 0.29) is 5.56 Å². The van der Waals surface area contributed by atoms with Crippen LogP contribution in [0, 0.1) is 0 Å². The quantitative estimate of drug-likeness (QED) is 0.885. The minimum absolute atomic E-state index is 0.181. The number of hydrogen-bond acceptors (Lipinski definition) is 3. The van der Waals surface area contributed by atoms with Crippen LogP contribution in [0.2, 0.25) is 0 Å². The summed E-state index contributed by atoms with van der Waals surface area (Å²) in [6, 6.07) is 4.92. The van der Waals surface area contributed by atoms with Gasteiger partial charge in [-0.3, -0.25) is 5.32 Å². The predicted molar refractivity (Wildman–Crippen MR) is 75.2 cm³/mol. The van der Waals surface area contributed by atoms with Crippen molar-refractivity contribution < 1.29 is 19.4 Å². The van der Waals surface area contributed by atoms with Gasteiger partial charge in [-0.15, -0.1) is 0 Å². The van der Waals surface area contributed by atoms with E-state index in [0.29, 0.717) is 11.6 Å². The first-order valence-electron chi connectivity index (χ1n) is 6.63. The molecular weight excluding hydrogens is 258 g/mol. The third kappa shape index (κ3) is 3.98. The number of carbonyl (C=O) groups excluding carboxylic acids is 1. The fourth-order valence-corrected chi connectivity index (χ4v) is 1.92. The van der Waals surface area contributed by atoms with Gasteiger partial charge in [0.2, 0.25) is 0 Å². The van der Waals surface area contributed by atoms with E-state index >= 15 is 0 Å². The maximum atomic E-state index is 11.7. The van der Waals surface area contributed by atoms with Crippen molar-refractivity contribution in [3.05, 3.63) is 29.3 Å². The van der Waals surface area contributed by atoms with E-state index in [1.54, 1.807) is 26.8 Å². The van der Waals surface area contributed by atoms with E-state index in [9.17, 15) is 9.59 Å². The molecule has 1 aromatic rings. The van der Waals surface area contributed by atoms with Crippen molar-refractivity contribution >= 4 is 17.7 Å². The van der Waals surface area contributed by atoms with Crippen LogP contribution in [0.5, 0.6) is 0 Å². The number of ether oxygens (including phenoxy) is 1. The van der Waals surface area contributed by atoms with E-state index in [4.69, 9.17) is 9.84 Å². The molecule has 0 bridgehead atoms. The molecule has 2 rings (SSSR count). The Balaban J connectivity index is 2.18. The lowest BCUT2D eigenvalue weighted by atomic mass is 10.1. The van der Waals surface area contributed by atoms with Crippen molar-refractivity contribution in [2.45, 2.75) is 45.1 Å². The van der Waals surface area contributed by atoms with Crippen LogP contribution in [-0.2, 0) is 4.74 Å². The Hall–Kier alpha value is -2.04. The first kappa shape index (κ1) is 14.4. The zero-order valence-corrected chi connectivity index (χ0v) is 11.9. The number of carboxylic acids is 1. The largest absolute Gasteiger partial charge is 0.478 e. The fourth-order valence-electron chi connectivity index (χ4n) is 1.92. The maximum absolute atomic E-state index is 11.7. The first-order valence-corrected chi connectivity index (χ1v) is 6.63. The summed E-state index contributed by atoms with van der Waals surface area (Å²) < 4.78 is 5.16. The van der Waals surface area contributed by atoms with Gasteiger partial charge in [-0.05, 0) is 63.3 Å². The summed E-state index contributed by atoms with van der Waals surface area (Å²) in [5, 5.41) is 11.7. The van der Waals surface area contributed by atoms with Crippen molar-refractivity contribution in [1.82, 2.24) is 0 Å². The Bertz CT molecular complexity index is 541. The van der Waals surface area contributed by atoms with Gasteiger partial charge in [0.15, 0.2) is 0 Å². The third-order valence-electron chi connectivity index (χ3n) is 2.90. The summed E-state index contributed by atoms with van der Waals surface area (Å²) >= 11 is 0. The molecule has 0 heterocycles. The molecule has 0 aliphatic heterocycles. The second-order valence-corrected chi connectivity index (χ2v) is 6.05. The Labute approximate surface area is 117 Å². The highest BCUT2D eigenvalue weighted by Crippen LogP contribution is 2.41. The lowest BCUT2D eigenvalue weighted by molar-refractivity contribution is 0.0632. The second kappa shape index (κ2) is 5.15. The number of carbonyl (C=O) groups is 2. The lowest BCUT2D eigenvalue weighted by Gasteiger charge is -2.20. The predicted octanol–water partition coefficient (Wildman–Crippen LogP) is 3.61. The summed E-state index contributed by atoms with van der Waals surface area (Å²) in [4.78, 5) is 22.8. The Morgan fingerprint density at radius 1 is 1.25 bits per heavy atom. The first-order chi connectivity index (χ1) is 9.24. The van der Waals surface area contributed by atoms with Gasteiger partial charge in [0, 0.05) is 5.69 Å². The van der Waals surface area contributed by atoms with Gasteiger partial charge in [-0.25, -0.2) is 9.59 Å². The molecule has 5 nitrogen and oxygen atoms in total. The molecule has 2 N–H and O–H groups in total. The molecule has 5 heteroatoms. The monoisotopic (exact) mass is 277 g/mol. The van der Waals surface area contributed by atoms with E-state index in [1.807, 2.05) is 6.07 Å². The summed E-state index contributed by atoms with van der Waals surface area (Å²) in [5.41, 5.74) is 1.01. The Morgan fingerprint density at radius 2 is 1.90 bits per heavy atom. The molecule has 1 fully saturated rings. The third-order valence-corrected chi connectivity index (χ3v) is 2.90. The van der Waals surface area contributed by atoms with Gasteiger partial charge < -0.3 is 9.84 Å². The SMILES string of the molecule is CC(C)(C)OC(=O)Nc1cc(C(=O)O)cc(C2CC2)c1. The summed E-state index contributed by atoms with van der Waals surface area (Å²) in [6.45, 7) is 5.32. The molecule has 1 aliphatic rings. The molecule has 108 valence electrons. The van der Waals surface area contributed by atoms with Gasteiger partial charge in [-0.1, -0.05) is 0 Å². The number of nitrogens with one attached hydrogen (secondary N) is 1. The van der Waals surface area contributed by atoms with Crippen LogP contribution in [0.4, 0.5) is 10.5 Å². The normalized spacial score (nSPS) is 14.8. The van der Waals surface area contributed by atoms with E-state index in [0.717, 1.165) is 18.4 Å². The zero-order valence-electron chi connectivity index (χ0n) is 11.9. The number of amides is 1. The fraction of sp³-hybridized carbons (Fsp3) is 0.467. The average molecular weight is 277 g/mol. The molecule has 1 saturated carbocycles. The molecule has 0 unspecified atom stereocenters. The van der Waals surface area contributed by atoms with Crippen LogP contribution < -0.4 is 5.32 Å². The van der Waals surface area contributed by atoms with Crippen LogP contribution in [0.3, 0.4) is 0 Å². The molecule has 20 heavy (non-hydrogen) atoms. The summed E-state index contributed by atoms with van der Waals surface area (Å²) in [7, 11) is 0. The molecule has 0 atom stereocenters. The second-order valence-electron chi connectivity index (χ2n) is 6.05. The van der Waals surface area contributed by atoms with E-state index < -0.39 is 17.7 Å².